The van der Waals surface area contributed by atoms with Gasteiger partial charge in [-0.2, -0.15) is 0 Å². The largest absolute Gasteiger partial charge is 0.331 e. The molecule has 0 atom stereocenters. The lowest BCUT2D eigenvalue weighted by atomic mass is 10.2. The zero-order chi connectivity index (χ0) is 17.5. The minimum Gasteiger partial charge on any atom is -0.331 e. The number of hydrogen-bond donors (Lipinski definition) is 1. The van der Waals surface area contributed by atoms with E-state index in [1.54, 1.807) is 16.7 Å². The standard InChI is InChI=1S/C21H26N2OS/c1-18-7-9-20(10-8-18)25-16-11-21(24)23-14-12-22(13-15-23)17-19-5-3-2-4-6-19/h2-10H,11-17H2,1H3/p+1. The molecule has 0 radical (unpaired) electrons. The van der Waals surface area contributed by atoms with Crippen molar-refractivity contribution in [3.05, 3.63) is 65.7 Å². The van der Waals surface area contributed by atoms with Gasteiger partial charge in [-0.05, 0) is 19.1 Å². The zero-order valence-corrected chi connectivity index (χ0v) is 15.7. The Labute approximate surface area is 155 Å². The van der Waals surface area contributed by atoms with E-state index in [0.29, 0.717) is 12.3 Å². The number of quaternary nitrogens is 1. The van der Waals surface area contributed by atoms with Crippen molar-refractivity contribution in [2.45, 2.75) is 24.8 Å². The fraction of sp³-hybridized carbons (Fsp3) is 0.381. The molecule has 25 heavy (non-hydrogen) atoms. The predicted molar refractivity (Wildman–Crippen MR) is 104 cm³/mol. The minimum absolute atomic E-state index is 0.304. The maximum absolute atomic E-state index is 12.4. The molecule has 1 aliphatic heterocycles. The van der Waals surface area contributed by atoms with Crippen molar-refractivity contribution in [1.82, 2.24) is 4.90 Å². The van der Waals surface area contributed by atoms with Gasteiger partial charge in [0.25, 0.3) is 0 Å². The number of carbonyl (C=O) groups excluding carboxylic acids is 1. The SMILES string of the molecule is Cc1ccc(SCCC(=O)N2CC[NH+](Cc3ccccc3)CC2)cc1. The summed E-state index contributed by atoms with van der Waals surface area (Å²) in [6.07, 6.45) is 0.632. The van der Waals surface area contributed by atoms with Crippen molar-refractivity contribution < 1.29 is 9.69 Å². The summed E-state index contributed by atoms with van der Waals surface area (Å²) in [6.45, 7) is 7.02. The average molecular weight is 356 g/mol. The first-order valence-corrected chi connectivity index (χ1v) is 10.0. The number of nitrogens with one attached hydrogen (secondary N) is 1. The van der Waals surface area contributed by atoms with E-state index in [1.807, 2.05) is 4.90 Å². The summed E-state index contributed by atoms with van der Waals surface area (Å²) >= 11 is 1.77. The van der Waals surface area contributed by atoms with E-state index in [1.165, 1.54) is 16.0 Å². The molecule has 1 N–H and O–H groups in total. The average Bonchev–Trinajstić information content (AvgIpc) is 2.65. The van der Waals surface area contributed by atoms with Gasteiger partial charge in [0.1, 0.15) is 6.54 Å². The normalized spacial score (nSPS) is 15.3. The Morgan fingerprint density at radius 3 is 2.40 bits per heavy atom. The molecule has 4 heteroatoms. The Kier molecular flexibility index (Phi) is 6.54. The molecule has 1 fully saturated rings. The molecule has 0 bridgehead atoms. The van der Waals surface area contributed by atoms with Gasteiger partial charge in [-0.15, -0.1) is 11.8 Å². The van der Waals surface area contributed by atoms with E-state index in [0.717, 1.165) is 38.5 Å². The summed E-state index contributed by atoms with van der Waals surface area (Å²) in [5, 5.41) is 0. The fourth-order valence-electron chi connectivity index (χ4n) is 3.18. The van der Waals surface area contributed by atoms with Crippen molar-refractivity contribution in [3.63, 3.8) is 0 Å². The highest BCUT2D eigenvalue weighted by molar-refractivity contribution is 7.99. The van der Waals surface area contributed by atoms with Crippen LogP contribution in [0, 0.1) is 6.92 Å². The van der Waals surface area contributed by atoms with Gasteiger partial charge in [0.05, 0.1) is 26.2 Å². The minimum atomic E-state index is 0.304. The molecule has 0 aromatic heterocycles. The number of amides is 1. The molecule has 1 saturated heterocycles. The lowest BCUT2D eigenvalue weighted by Gasteiger charge is -2.32. The van der Waals surface area contributed by atoms with Crippen LogP contribution in [0.3, 0.4) is 0 Å². The molecule has 0 aliphatic carbocycles. The number of carbonyl (C=O) groups is 1. The highest BCUT2D eigenvalue weighted by Gasteiger charge is 2.23. The third kappa shape index (κ3) is 5.62. The number of rotatable bonds is 6. The monoisotopic (exact) mass is 355 g/mol. The van der Waals surface area contributed by atoms with Crippen molar-refractivity contribution in [1.29, 1.82) is 0 Å². The maximum Gasteiger partial charge on any atom is 0.223 e. The second-order valence-electron chi connectivity index (χ2n) is 6.70. The Bertz CT molecular complexity index is 664. The van der Waals surface area contributed by atoms with Crippen molar-refractivity contribution in [2.75, 3.05) is 31.9 Å². The highest BCUT2D eigenvalue weighted by Crippen LogP contribution is 2.19. The maximum atomic E-state index is 12.4. The van der Waals surface area contributed by atoms with Crippen LogP contribution < -0.4 is 4.90 Å². The Morgan fingerprint density at radius 2 is 1.72 bits per heavy atom. The first kappa shape index (κ1) is 18.0. The summed E-state index contributed by atoms with van der Waals surface area (Å²) in [6, 6.07) is 19.1. The highest BCUT2D eigenvalue weighted by atomic mass is 32.2. The third-order valence-electron chi connectivity index (χ3n) is 4.73. The molecule has 3 rings (SSSR count). The summed E-state index contributed by atoms with van der Waals surface area (Å²) in [5.41, 5.74) is 2.66. The second-order valence-corrected chi connectivity index (χ2v) is 7.87. The van der Waals surface area contributed by atoms with Gasteiger partial charge in [0.2, 0.25) is 5.91 Å². The lowest BCUT2D eigenvalue weighted by molar-refractivity contribution is -0.917. The Balaban J connectivity index is 1.37. The topological polar surface area (TPSA) is 24.8 Å². The van der Waals surface area contributed by atoms with E-state index in [-0.39, 0.29) is 0 Å². The van der Waals surface area contributed by atoms with Gasteiger partial charge in [-0.25, -0.2) is 0 Å². The molecule has 1 aliphatic rings. The first-order chi connectivity index (χ1) is 12.2. The van der Waals surface area contributed by atoms with Crippen LogP contribution in [0.25, 0.3) is 0 Å². The number of aryl methyl sites for hydroxylation is 1. The molecule has 2 aromatic carbocycles. The lowest BCUT2D eigenvalue weighted by Crippen LogP contribution is -3.13. The molecule has 0 unspecified atom stereocenters. The van der Waals surface area contributed by atoms with Crippen LogP contribution in [0.15, 0.2) is 59.5 Å². The van der Waals surface area contributed by atoms with Gasteiger partial charge < -0.3 is 9.80 Å². The van der Waals surface area contributed by atoms with Crippen LogP contribution in [-0.2, 0) is 11.3 Å². The number of thioether (sulfide) groups is 1. The van der Waals surface area contributed by atoms with Crippen LogP contribution in [0.2, 0.25) is 0 Å². The molecule has 132 valence electrons. The number of piperazine rings is 1. The van der Waals surface area contributed by atoms with E-state index in [4.69, 9.17) is 0 Å². The first-order valence-electron chi connectivity index (χ1n) is 9.05. The number of hydrogen-bond acceptors (Lipinski definition) is 2. The summed E-state index contributed by atoms with van der Waals surface area (Å²) < 4.78 is 0. The predicted octanol–water partition coefficient (Wildman–Crippen LogP) is 2.40. The second kappa shape index (κ2) is 9.07. The van der Waals surface area contributed by atoms with Crippen LogP contribution in [0.1, 0.15) is 17.5 Å². The number of benzene rings is 2. The summed E-state index contributed by atoms with van der Waals surface area (Å²) in [7, 11) is 0. The molecular weight excluding hydrogens is 328 g/mol. The van der Waals surface area contributed by atoms with Crippen molar-refractivity contribution >= 4 is 17.7 Å². The fourth-order valence-corrected chi connectivity index (χ4v) is 4.02. The molecule has 2 aromatic rings. The van der Waals surface area contributed by atoms with Crippen LogP contribution in [0.4, 0.5) is 0 Å². The zero-order valence-electron chi connectivity index (χ0n) is 14.9. The van der Waals surface area contributed by atoms with E-state index in [2.05, 4.69) is 61.5 Å². The van der Waals surface area contributed by atoms with Gasteiger partial charge in [-0.1, -0.05) is 48.0 Å². The molecule has 3 nitrogen and oxygen atoms in total. The molecule has 0 saturated carbocycles. The Morgan fingerprint density at radius 1 is 1.04 bits per heavy atom. The van der Waals surface area contributed by atoms with Crippen LogP contribution in [-0.4, -0.2) is 42.7 Å². The van der Waals surface area contributed by atoms with Gasteiger partial charge in [0.15, 0.2) is 0 Å². The quantitative estimate of drug-likeness (QED) is 0.805. The smallest absolute Gasteiger partial charge is 0.223 e. The third-order valence-corrected chi connectivity index (χ3v) is 5.74. The molecule has 0 spiro atoms. The van der Waals surface area contributed by atoms with Gasteiger partial charge >= 0.3 is 0 Å². The van der Waals surface area contributed by atoms with Gasteiger partial charge in [-0.3, -0.25) is 4.79 Å². The van der Waals surface area contributed by atoms with Gasteiger partial charge in [0, 0.05) is 22.6 Å². The summed E-state index contributed by atoms with van der Waals surface area (Å²) in [5.74, 6) is 1.16. The van der Waals surface area contributed by atoms with Crippen LogP contribution >= 0.6 is 11.8 Å². The van der Waals surface area contributed by atoms with Crippen LogP contribution in [0.5, 0.6) is 0 Å². The van der Waals surface area contributed by atoms with E-state index >= 15 is 0 Å². The summed E-state index contributed by atoms with van der Waals surface area (Å²) in [4.78, 5) is 17.3. The molecule has 1 heterocycles. The number of nitrogens with zero attached hydrogens (tertiary/aromatic N) is 1. The van der Waals surface area contributed by atoms with E-state index in [9.17, 15) is 4.79 Å². The van der Waals surface area contributed by atoms with Crippen molar-refractivity contribution in [2.24, 2.45) is 0 Å². The van der Waals surface area contributed by atoms with E-state index < -0.39 is 0 Å². The molecule has 1 amide bonds. The Hall–Kier alpha value is -1.78. The molecular formula is C21H27N2OS+. The van der Waals surface area contributed by atoms with Crippen molar-refractivity contribution in [3.8, 4) is 0 Å².